The molecule has 0 aliphatic carbocycles. The minimum absolute atomic E-state index is 0.00296. The van der Waals surface area contributed by atoms with Crippen LogP contribution in [-0.2, 0) is 10.1 Å². The summed E-state index contributed by atoms with van der Waals surface area (Å²) in [6, 6.07) is 8.53. The van der Waals surface area contributed by atoms with Crippen molar-refractivity contribution in [1.29, 1.82) is 0 Å². The van der Waals surface area contributed by atoms with Gasteiger partial charge in [0.25, 0.3) is 10.1 Å². The molecule has 0 saturated carbocycles. The van der Waals surface area contributed by atoms with E-state index >= 15 is 0 Å². The van der Waals surface area contributed by atoms with E-state index in [1.54, 1.807) is 6.07 Å². The zero-order valence-corrected chi connectivity index (χ0v) is 13.4. The molecule has 0 unspecified atom stereocenters. The van der Waals surface area contributed by atoms with Gasteiger partial charge >= 0.3 is 0 Å². The Morgan fingerprint density at radius 2 is 1.85 bits per heavy atom. The van der Waals surface area contributed by atoms with Gasteiger partial charge in [-0.2, -0.15) is 8.42 Å². The van der Waals surface area contributed by atoms with Crippen LogP contribution in [0, 0.1) is 16.3 Å². The second kappa shape index (κ2) is 5.66. The highest BCUT2D eigenvalue weighted by atomic mass is 127. The number of halogens is 2. The third-order valence-electron chi connectivity index (χ3n) is 2.68. The minimum atomic E-state index is -4.42. The molecule has 106 valence electrons. The number of anilines is 2. The van der Waals surface area contributed by atoms with E-state index in [9.17, 15) is 12.8 Å². The first-order valence-corrected chi connectivity index (χ1v) is 8.09. The summed E-state index contributed by atoms with van der Waals surface area (Å²) in [5.74, 6) is -0.594. The van der Waals surface area contributed by atoms with Gasteiger partial charge in [0.05, 0.1) is 5.69 Å². The molecule has 0 atom stereocenters. The zero-order chi connectivity index (χ0) is 14.9. The summed E-state index contributed by atoms with van der Waals surface area (Å²) in [6.45, 7) is 1.84. The van der Waals surface area contributed by atoms with Crippen molar-refractivity contribution in [2.75, 3.05) is 5.32 Å². The van der Waals surface area contributed by atoms with Crippen molar-refractivity contribution in [3.8, 4) is 0 Å². The number of rotatable bonds is 3. The Morgan fingerprint density at radius 1 is 1.15 bits per heavy atom. The van der Waals surface area contributed by atoms with Crippen LogP contribution in [-0.4, -0.2) is 13.0 Å². The van der Waals surface area contributed by atoms with Gasteiger partial charge in [0, 0.05) is 9.26 Å². The van der Waals surface area contributed by atoms with Crippen molar-refractivity contribution in [3.63, 3.8) is 0 Å². The largest absolute Gasteiger partial charge is 0.354 e. The van der Waals surface area contributed by atoms with Gasteiger partial charge in [-0.1, -0.05) is 0 Å². The molecule has 7 heteroatoms. The predicted molar refractivity (Wildman–Crippen MR) is 83.4 cm³/mol. The smallest absolute Gasteiger partial charge is 0.296 e. The monoisotopic (exact) mass is 407 g/mol. The second-order valence-electron chi connectivity index (χ2n) is 4.20. The van der Waals surface area contributed by atoms with Gasteiger partial charge in [0.1, 0.15) is 10.7 Å². The van der Waals surface area contributed by atoms with Crippen molar-refractivity contribution in [3.05, 3.63) is 51.3 Å². The van der Waals surface area contributed by atoms with Gasteiger partial charge in [-0.15, -0.1) is 0 Å². The van der Waals surface area contributed by atoms with Crippen LogP contribution < -0.4 is 5.32 Å². The lowest BCUT2D eigenvalue weighted by molar-refractivity contribution is 0.483. The SMILES string of the molecule is Cc1cc(I)ccc1Nc1cc(F)ccc1S(=O)(=O)O. The molecule has 0 aliphatic rings. The molecule has 0 spiro atoms. The Hall–Kier alpha value is -1.19. The third kappa shape index (κ3) is 3.47. The molecule has 2 N–H and O–H groups in total. The van der Waals surface area contributed by atoms with Crippen LogP contribution in [0.2, 0.25) is 0 Å². The number of nitrogens with one attached hydrogen (secondary N) is 1. The Balaban J connectivity index is 2.50. The van der Waals surface area contributed by atoms with Gasteiger partial charge in [-0.3, -0.25) is 4.55 Å². The quantitative estimate of drug-likeness (QED) is 0.601. The molecule has 0 radical (unpaired) electrons. The Bertz CT molecular complexity index is 762. The summed E-state index contributed by atoms with van der Waals surface area (Å²) < 4.78 is 46.0. The third-order valence-corrected chi connectivity index (χ3v) is 4.26. The molecule has 0 bridgehead atoms. The lowest BCUT2D eigenvalue weighted by atomic mass is 10.2. The fourth-order valence-electron chi connectivity index (χ4n) is 1.74. The Labute approximate surface area is 129 Å². The van der Waals surface area contributed by atoms with Gasteiger partial charge in [0.15, 0.2) is 0 Å². The fraction of sp³-hybridized carbons (Fsp3) is 0.0769. The summed E-state index contributed by atoms with van der Waals surface area (Å²) in [4.78, 5) is -0.364. The second-order valence-corrected chi connectivity index (χ2v) is 6.84. The van der Waals surface area contributed by atoms with E-state index in [1.165, 1.54) is 0 Å². The van der Waals surface area contributed by atoms with E-state index in [1.807, 2.05) is 19.1 Å². The van der Waals surface area contributed by atoms with Crippen LogP contribution in [0.15, 0.2) is 41.3 Å². The topological polar surface area (TPSA) is 66.4 Å². The molecule has 20 heavy (non-hydrogen) atoms. The van der Waals surface area contributed by atoms with Crippen molar-refractivity contribution < 1.29 is 17.4 Å². The van der Waals surface area contributed by atoms with Gasteiger partial charge in [0.2, 0.25) is 0 Å². The van der Waals surface area contributed by atoms with Gasteiger partial charge < -0.3 is 5.32 Å². The molecular formula is C13H11FINO3S. The molecular weight excluding hydrogens is 396 g/mol. The van der Waals surface area contributed by atoms with Crippen molar-refractivity contribution >= 4 is 44.1 Å². The summed E-state index contributed by atoms with van der Waals surface area (Å²) in [6.07, 6.45) is 0. The molecule has 0 amide bonds. The molecule has 0 aromatic heterocycles. The summed E-state index contributed by atoms with van der Waals surface area (Å²) in [7, 11) is -4.42. The maximum atomic E-state index is 13.3. The van der Waals surface area contributed by atoms with E-state index in [2.05, 4.69) is 27.9 Å². The van der Waals surface area contributed by atoms with Crippen LogP contribution in [0.1, 0.15) is 5.56 Å². The maximum absolute atomic E-state index is 13.3. The molecule has 2 aromatic carbocycles. The zero-order valence-electron chi connectivity index (χ0n) is 10.4. The minimum Gasteiger partial charge on any atom is -0.354 e. The highest BCUT2D eigenvalue weighted by Crippen LogP contribution is 2.28. The van der Waals surface area contributed by atoms with Crippen molar-refractivity contribution in [2.45, 2.75) is 11.8 Å². The first-order chi connectivity index (χ1) is 9.27. The molecule has 2 aromatic rings. The first kappa shape index (κ1) is 15.2. The number of hydrogen-bond donors (Lipinski definition) is 2. The molecule has 0 aliphatic heterocycles. The van der Waals surface area contributed by atoms with E-state index in [0.29, 0.717) is 5.69 Å². The van der Waals surface area contributed by atoms with Crippen molar-refractivity contribution in [2.24, 2.45) is 0 Å². The molecule has 0 fully saturated rings. The average Bonchev–Trinajstić information content (AvgIpc) is 2.31. The summed E-state index contributed by atoms with van der Waals surface area (Å²) >= 11 is 2.15. The molecule has 2 rings (SSSR count). The van der Waals surface area contributed by atoms with Crippen LogP contribution in [0.25, 0.3) is 0 Å². The number of hydrogen-bond acceptors (Lipinski definition) is 3. The Morgan fingerprint density at radius 3 is 2.45 bits per heavy atom. The lowest BCUT2D eigenvalue weighted by Crippen LogP contribution is -2.04. The van der Waals surface area contributed by atoms with E-state index < -0.39 is 15.9 Å². The molecule has 0 heterocycles. The van der Waals surface area contributed by atoms with Gasteiger partial charge in [-0.05, 0) is 71.5 Å². The normalized spacial score (nSPS) is 11.4. The van der Waals surface area contributed by atoms with Crippen LogP contribution in [0.4, 0.5) is 15.8 Å². The number of benzene rings is 2. The van der Waals surface area contributed by atoms with Crippen LogP contribution in [0.3, 0.4) is 0 Å². The van der Waals surface area contributed by atoms with Crippen LogP contribution >= 0.6 is 22.6 Å². The van der Waals surface area contributed by atoms with Crippen LogP contribution in [0.5, 0.6) is 0 Å². The van der Waals surface area contributed by atoms with E-state index in [4.69, 9.17) is 4.55 Å². The van der Waals surface area contributed by atoms with E-state index in [0.717, 1.165) is 27.3 Å². The highest BCUT2D eigenvalue weighted by Gasteiger charge is 2.16. The fourth-order valence-corrected chi connectivity index (χ4v) is 3.01. The number of aryl methyl sites for hydroxylation is 1. The molecule has 0 saturated heterocycles. The van der Waals surface area contributed by atoms with Gasteiger partial charge in [-0.25, -0.2) is 4.39 Å². The summed E-state index contributed by atoms with van der Waals surface area (Å²) in [5.41, 5.74) is 1.51. The van der Waals surface area contributed by atoms with Crippen molar-refractivity contribution in [1.82, 2.24) is 0 Å². The maximum Gasteiger partial charge on any atom is 0.296 e. The van der Waals surface area contributed by atoms with E-state index in [-0.39, 0.29) is 10.6 Å². The first-order valence-electron chi connectivity index (χ1n) is 5.57. The summed E-state index contributed by atoms with van der Waals surface area (Å²) in [5, 5.41) is 2.83. The molecule has 4 nitrogen and oxygen atoms in total. The average molecular weight is 407 g/mol. The standard InChI is InChI=1S/C13H11FINO3S/c1-8-6-10(15)3-4-11(8)16-12-7-9(14)2-5-13(12)20(17,18)19/h2-7,16H,1H3,(H,17,18,19). The lowest BCUT2D eigenvalue weighted by Gasteiger charge is -2.13. The highest BCUT2D eigenvalue weighted by molar-refractivity contribution is 14.1. The predicted octanol–water partition coefficient (Wildman–Crippen LogP) is 3.73. The Kier molecular flexibility index (Phi) is 4.31.